The molecule has 2 aliphatic rings. The quantitative estimate of drug-likeness (QED) is 0.0969. The first-order chi connectivity index (χ1) is 28.6. The number of H-pyrrole nitrogens is 1. The summed E-state index contributed by atoms with van der Waals surface area (Å²) < 4.78 is 12.2. The van der Waals surface area contributed by atoms with Crippen molar-refractivity contribution < 1.29 is 29.0 Å². The molecule has 0 fully saturated rings. The molecule has 59 heavy (non-hydrogen) atoms. The number of hydrogen-bond donors (Lipinski definition) is 4. The lowest BCUT2D eigenvalue weighted by molar-refractivity contribution is -0.143. The van der Waals surface area contributed by atoms with Crippen LogP contribution in [0.2, 0.25) is 10.0 Å². The van der Waals surface area contributed by atoms with E-state index in [0.29, 0.717) is 57.3 Å². The summed E-state index contributed by atoms with van der Waals surface area (Å²) in [4.78, 5) is 49.4. The molecule has 2 amide bonds. The van der Waals surface area contributed by atoms with Crippen LogP contribution in [0, 0.1) is 11.3 Å². The van der Waals surface area contributed by atoms with Crippen molar-refractivity contribution >= 4 is 46.7 Å². The highest BCUT2D eigenvalue weighted by Crippen LogP contribution is 2.40. The van der Waals surface area contributed by atoms with Crippen LogP contribution in [0.5, 0.6) is 11.5 Å². The van der Waals surface area contributed by atoms with Gasteiger partial charge in [0.1, 0.15) is 30.0 Å². The molecule has 0 spiro atoms. The van der Waals surface area contributed by atoms with Crippen molar-refractivity contribution in [1.29, 1.82) is 5.26 Å². The fraction of sp³-hybridized carbons (Fsp3) is 0.178. The lowest BCUT2D eigenvalue weighted by Crippen LogP contribution is -2.54. The van der Waals surface area contributed by atoms with E-state index in [1.54, 1.807) is 60.9 Å². The fourth-order valence-corrected chi connectivity index (χ4v) is 7.59. The SMILES string of the molecule is N#Cc1ccc(-c2ccc(C[C@H](NC(=O)[C@@H]3Cc4cc5c(cc4CN3Cc3ncc[nH]3)OC(c3ccc(OCc4ccc(Cl)c(Cl)c4)cc3)C(=O)N5)C(=O)O)cc2)cc1. The van der Waals surface area contributed by atoms with Gasteiger partial charge in [0.15, 0.2) is 0 Å². The van der Waals surface area contributed by atoms with E-state index in [1.165, 1.54) is 0 Å². The van der Waals surface area contributed by atoms with Crippen LogP contribution < -0.4 is 20.1 Å². The number of halogens is 2. The van der Waals surface area contributed by atoms with Gasteiger partial charge in [0.05, 0.1) is 40.0 Å². The molecule has 6 aromatic rings. The van der Waals surface area contributed by atoms with Crippen molar-refractivity contribution in [2.24, 2.45) is 0 Å². The van der Waals surface area contributed by atoms with Gasteiger partial charge in [0.25, 0.3) is 5.91 Å². The third kappa shape index (κ3) is 8.93. The maximum Gasteiger partial charge on any atom is 0.326 e. The Morgan fingerprint density at radius 1 is 0.949 bits per heavy atom. The number of rotatable bonds is 12. The summed E-state index contributed by atoms with van der Waals surface area (Å²) in [7, 11) is 0. The number of hydrogen-bond acceptors (Lipinski definition) is 8. The van der Waals surface area contributed by atoms with E-state index >= 15 is 0 Å². The summed E-state index contributed by atoms with van der Waals surface area (Å²) in [6.07, 6.45) is 2.76. The summed E-state index contributed by atoms with van der Waals surface area (Å²) in [6.45, 7) is 0.921. The number of benzene rings is 5. The summed E-state index contributed by atoms with van der Waals surface area (Å²) in [6, 6.07) is 31.0. The summed E-state index contributed by atoms with van der Waals surface area (Å²) in [5.74, 6) is -0.200. The van der Waals surface area contributed by atoms with Gasteiger partial charge >= 0.3 is 5.97 Å². The second kappa shape index (κ2) is 17.1. The molecule has 8 rings (SSSR count). The number of aromatic amines is 1. The molecule has 1 aromatic heterocycles. The first-order valence-electron chi connectivity index (χ1n) is 18.7. The highest BCUT2D eigenvalue weighted by molar-refractivity contribution is 6.42. The van der Waals surface area contributed by atoms with E-state index in [9.17, 15) is 19.5 Å². The second-order valence-electron chi connectivity index (χ2n) is 14.4. The molecule has 1 unspecified atom stereocenters. The Morgan fingerprint density at radius 3 is 2.36 bits per heavy atom. The number of carboxylic acid groups (broad SMARTS) is 1. The number of fused-ring (bicyclic) bond motifs is 2. The molecule has 296 valence electrons. The zero-order valence-electron chi connectivity index (χ0n) is 31.3. The molecule has 2 aliphatic heterocycles. The molecule has 3 atom stereocenters. The summed E-state index contributed by atoms with van der Waals surface area (Å²) in [5, 5.41) is 26.0. The van der Waals surface area contributed by atoms with Crippen LogP contribution in [0.3, 0.4) is 0 Å². The van der Waals surface area contributed by atoms with Gasteiger partial charge < -0.3 is 30.2 Å². The van der Waals surface area contributed by atoms with Crippen LogP contribution in [0.25, 0.3) is 11.1 Å². The van der Waals surface area contributed by atoms with Gasteiger partial charge in [-0.15, -0.1) is 0 Å². The predicted octanol–water partition coefficient (Wildman–Crippen LogP) is 7.65. The van der Waals surface area contributed by atoms with Crippen molar-refractivity contribution in [3.05, 3.63) is 165 Å². The zero-order chi connectivity index (χ0) is 41.0. The zero-order valence-corrected chi connectivity index (χ0v) is 32.8. The molecule has 3 heterocycles. The molecule has 0 saturated carbocycles. The Kier molecular flexibility index (Phi) is 11.3. The monoisotopic (exact) mass is 826 g/mol. The molecule has 0 aliphatic carbocycles. The normalized spacial score (nSPS) is 16.4. The van der Waals surface area contributed by atoms with Gasteiger partial charge in [-0.3, -0.25) is 14.5 Å². The number of aromatic nitrogens is 2. The van der Waals surface area contributed by atoms with Crippen LogP contribution in [-0.2, 0) is 46.9 Å². The number of carbonyl (C=O) groups is 3. The van der Waals surface area contributed by atoms with Gasteiger partial charge in [-0.2, -0.15) is 5.26 Å². The van der Waals surface area contributed by atoms with Gasteiger partial charge in [-0.25, -0.2) is 9.78 Å². The molecule has 4 N–H and O–H groups in total. The summed E-state index contributed by atoms with van der Waals surface area (Å²) in [5.41, 5.74) is 6.85. The van der Waals surface area contributed by atoms with E-state index in [0.717, 1.165) is 33.4 Å². The van der Waals surface area contributed by atoms with E-state index in [1.807, 2.05) is 59.5 Å². The maximum atomic E-state index is 14.1. The number of amides is 2. The van der Waals surface area contributed by atoms with Crippen LogP contribution in [-0.4, -0.2) is 49.8 Å². The smallest absolute Gasteiger partial charge is 0.326 e. The largest absolute Gasteiger partial charge is 0.489 e. The molecule has 5 aromatic carbocycles. The highest BCUT2D eigenvalue weighted by Gasteiger charge is 2.37. The van der Waals surface area contributed by atoms with E-state index in [4.69, 9.17) is 37.9 Å². The first kappa shape index (κ1) is 39.2. The lowest BCUT2D eigenvalue weighted by atomic mass is 9.91. The van der Waals surface area contributed by atoms with Crippen molar-refractivity contribution in [2.45, 2.75) is 50.7 Å². The minimum absolute atomic E-state index is 0.0722. The van der Waals surface area contributed by atoms with Gasteiger partial charge in [-0.05, 0) is 88.3 Å². The minimum Gasteiger partial charge on any atom is -0.489 e. The second-order valence-corrected chi connectivity index (χ2v) is 15.2. The number of ether oxygens (including phenoxy) is 2. The Balaban J connectivity index is 0.962. The van der Waals surface area contributed by atoms with Crippen LogP contribution in [0.1, 0.15) is 45.3 Å². The predicted molar refractivity (Wildman–Crippen MR) is 221 cm³/mol. The fourth-order valence-electron chi connectivity index (χ4n) is 7.27. The van der Waals surface area contributed by atoms with Crippen molar-refractivity contribution in [2.75, 3.05) is 5.32 Å². The lowest BCUT2D eigenvalue weighted by Gasteiger charge is -2.37. The van der Waals surface area contributed by atoms with Crippen molar-refractivity contribution in [3.63, 3.8) is 0 Å². The number of aliphatic carboxylic acids is 1. The van der Waals surface area contributed by atoms with Crippen molar-refractivity contribution in [1.82, 2.24) is 20.2 Å². The third-order valence-corrected chi connectivity index (χ3v) is 11.1. The van der Waals surface area contributed by atoms with Gasteiger partial charge in [0, 0.05) is 30.9 Å². The molecular weight excluding hydrogens is 791 g/mol. The first-order valence-corrected chi connectivity index (χ1v) is 19.5. The molecule has 12 nitrogen and oxygen atoms in total. The molecule has 0 radical (unpaired) electrons. The average molecular weight is 828 g/mol. The molecule has 0 bridgehead atoms. The topological polar surface area (TPSA) is 170 Å². The van der Waals surface area contributed by atoms with Crippen LogP contribution in [0.4, 0.5) is 5.69 Å². The number of nitriles is 1. The van der Waals surface area contributed by atoms with Crippen molar-refractivity contribution in [3.8, 4) is 28.7 Å². The molecule has 14 heteroatoms. The number of carboxylic acids is 1. The Labute approximate surface area is 349 Å². The molecular formula is C45H36Cl2N6O6. The van der Waals surface area contributed by atoms with E-state index in [2.05, 4.69) is 26.7 Å². The Bertz CT molecular complexity index is 2560. The summed E-state index contributed by atoms with van der Waals surface area (Å²) >= 11 is 12.2. The minimum atomic E-state index is -1.19. The third-order valence-electron chi connectivity index (χ3n) is 10.4. The average Bonchev–Trinajstić information content (AvgIpc) is 3.76. The standard InChI is InChI=1S/C45H36Cl2N6O6/c46-35-14-5-28(17-36(35)47)25-58-34-12-10-31(11-13-34)42-44(55)51-37-19-32-20-39(53(24-41-49-15-16-50-41)23-33(32)21-40(37)59-42)43(54)52-38(45(56)57)18-26-1-6-29(7-2-26)30-8-3-27(22-48)4-9-30/h1-17,19,21,38-39,42H,18,20,23-25H2,(H,49,50)(H,51,55)(H,52,54)(H,56,57)/t38-,39-,42?/m0/s1. The number of anilines is 1. The number of nitrogens with one attached hydrogen (secondary N) is 3. The van der Waals surface area contributed by atoms with Crippen LogP contribution >= 0.6 is 23.2 Å². The van der Waals surface area contributed by atoms with Crippen LogP contribution in [0.15, 0.2) is 116 Å². The number of imidazole rings is 1. The number of nitrogens with zero attached hydrogens (tertiary/aromatic N) is 3. The highest BCUT2D eigenvalue weighted by atomic mass is 35.5. The number of carbonyl (C=O) groups excluding carboxylic acids is 2. The van der Waals surface area contributed by atoms with Gasteiger partial charge in [-0.1, -0.05) is 77.8 Å². The van der Waals surface area contributed by atoms with E-state index < -0.39 is 30.1 Å². The van der Waals surface area contributed by atoms with E-state index in [-0.39, 0.29) is 25.4 Å². The maximum absolute atomic E-state index is 14.1. The molecule has 0 saturated heterocycles. The Hall–Kier alpha value is -6.65. The van der Waals surface area contributed by atoms with Gasteiger partial charge in [0.2, 0.25) is 12.0 Å². The Morgan fingerprint density at radius 2 is 1.68 bits per heavy atom.